The molecule has 1 aliphatic heterocycles. The van der Waals surface area contributed by atoms with Crippen LogP contribution in [-0.2, 0) is 26.2 Å². The normalized spacial score (nSPS) is 21.2. The van der Waals surface area contributed by atoms with Gasteiger partial charge in [0.05, 0.1) is 30.3 Å². The van der Waals surface area contributed by atoms with Crippen molar-refractivity contribution in [3.8, 4) is 0 Å². The number of amides is 2. The molecule has 2 amide bonds. The van der Waals surface area contributed by atoms with Crippen LogP contribution in [-0.4, -0.2) is 76.7 Å². The zero-order valence-electron chi connectivity index (χ0n) is 17.4. The number of carbonyl (C=O) groups is 2. The van der Waals surface area contributed by atoms with Gasteiger partial charge in [0.25, 0.3) is 0 Å². The topological polar surface area (TPSA) is 147 Å². The average Bonchev–Trinajstić information content (AvgIpc) is 3.25. The van der Waals surface area contributed by atoms with Gasteiger partial charge < -0.3 is 15.3 Å². The van der Waals surface area contributed by atoms with Gasteiger partial charge in [0.2, 0.25) is 21.8 Å². The van der Waals surface area contributed by atoms with Crippen LogP contribution in [0.2, 0.25) is 0 Å². The third-order valence-electron chi connectivity index (χ3n) is 4.84. The number of hydrogen-bond acceptors (Lipinski definition) is 7. The second kappa shape index (κ2) is 8.76. The van der Waals surface area contributed by atoms with Crippen molar-refractivity contribution < 1.29 is 23.1 Å². The quantitative estimate of drug-likeness (QED) is 0.503. The first-order chi connectivity index (χ1) is 13.4. The number of β-amino-alcohol motifs (C(OH)–C–C–N with tert-alkyl or cyclic N) is 1. The number of aromatic nitrogens is 3. The average molecular weight is 431 g/mol. The van der Waals surface area contributed by atoms with Crippen LogP contribution in [0.1, 0.15) is 45.9 Å². The van der Waals surface area contributed by atoms with E-state index >= 15 is 0 Å². The second-order valence-electron chi connectivity index (χ2n) is 8.19. The number of hydrogen-bond donors (Lipinski definition) is 3. The van der Waals surface area contributed by atoms with Crippen LogP contribution < -0.4 is 10.0 Å². The molecule has 0 spiro atoms. The van der Waals surface area contributed by atoms with Crippen molar-refractivity contribution in [1.82, 2.24) is 29.9 Å². The van der Waals surface area contributed by atoms with E-state index in [0.717, 1.165) is 0 Å². The number of carbonyl (C=O) groups excluding carboxylic acids is 2. The van der Waals surface area contributed by atoms with Crippen molar-refractivity contribution in [3.63, 3.8) is 0 Å². The van der Waals surface area contributed by atoms with Gasteiger partial charge in [-0.15, -0.1) is 5.10 Å². The lowest BCUT2D eigenvalue weighted by Gasteiger charge is -2.34. The lowest BCUT2D eigenvalue weighted by atomic mass is 9.85. The fraction of sp³-hybridized carbons (Fsp3) is 0.765. The van der Waals surface area contributed by atoms with Crippen molar-refractivity contribution in [2.24, 2.45) is 5.41 Å². The van der Waals surface area contributed by atoms with Gasteiger partial charge in [-0.05, 0) is 12.3 Å². The van der Waals surface area contributed by atoms with Gasteiger partial charge in [0, 0.05) is 20.0 Å². The molecule has 0 unspecified atom stereocenters. The van der Waals surface area contributed by atoms with E-state index in [1.54, 1.807) is 0 Å². The van der Waals surface area contributed by atoms with Gasteiger partial charge in [-0.1, -0.05) is 26.0 Å². The highest BCUT2D eigenvalue weighted by Gasteiger charge is 2.44. The Balaban J connectivity index is 2.28. The molecule has 1 fully saturated rings. The number of nitrogens with one attached hydrogen (secondary N) is 2. The van der Waals surface area contributed by atoms with Crippen molar-refractivity contribution >= 4 is 21.8 Å². The first kappa shape index (κ1) is 23.2. The summed E-state index contributed by atoms with van der Waals surface area (Å²) >= 11 is 0. The molecule has 3 N–H and O–H groups in total. The number of sulfonamides is 1. The molecule has 0 aliphatic carbocycles. The summed E-state index contributed by atoms with van der Waals surface area (Å²) in [6, 6.07) is -1.55. The highest BCUT2D eigenvalue weighted by atomic mass is 32.2. The molecule has 1 aromatic heterocycles. The molecular formula is C17H30N6O5S. The maximum Gasteiger partial charge on any atom is 0.248 e. The number of nitrogens with zero attached hydrogens (tertiary/aromatic N) is 4. The Bertz CT molecular complexity index is 847. The fourth-order valence-electron chi connectivity index (χ4n) is 3.32. The minimum absolute atomic E-state index is 0.0372. The molecule has 1 saturated heterocycles. The molecule has 0 saturated carbocycles. The molecule has 0 bridgehead atoms. The molecule has 1 aliphatic rings. The third-order valence-corrected chi connectivity index (χ3v) is 6.19. The standard InChI is InChI=1S/C17H30N6O5S/c1-6-29(27,28)19-8-11-9-23(21-20-11)14(17(2,3)4)16(26)22-10-12(24)7-13(22)15(25)18-5/h9,12-14,19,24H,6-8,10H2,1-5H3,(H,18,25)/t12-,13+,14-/m1/s1. The maximum absolute atomic E-state index is 13.4. The Morgan fingerprint density at radius 3 is 2.59 bits per heavy atom. The zero-order chi connectivity index (χ0) is 22.0. The Morgan fingerprint density at radius 1 is 1.38 bits per heavy atom. The Kier molecular flexibility index (Phi) is 7.01. The molecule has 29 heavy (non-hydrogen) atoms. The third kappa shape index (κ3) is 5.52. The molecule has 0 radical (unpaired) electrons. The Morgan fingerprint density at radius 2 is 2.03 bits per heavy atom. The summed E-state index contributed by atoms with van der Waals surface area (Å²) in [5, 5.41) is 20.5. The van der Waals surface area contributed by atoms with Gasteiger partial charge in [-0.3, -0.25) is 9.59 Å². The van der Waals surface area contributed by atoms with Gasteiger partial charge in [0.15, 0.2) is 0 Å². The summed E-state index contributed by atoms with van der Waals surface area (Å²) < 4.78 is 27.1. The summed E-state index contributed by atoms with van der Waals surface area (Å²) in [6.45, 7) is 7.13. The van der Waals surface area contributed by atoms with Crippen LogP contribution in [0, 0.1) is 5.41 Å². The lowest BCUT2D eigenvalue weighted by molar-refractivity contribution is -0.144. The first-order valence-corrected chi connectivity index (χ1v) is 11.1. The smallest absolute Gasteiger partial charge is 0.248 e. The Hall–Kier alpha value is -2.05. The highest BCUT2D eigenvalue weighted by Crippen LogP contribution is 2.34. The maximum atomic E-state index is 13.4. The minimum Gasteiger partial charge on any atom is -0.391 e. The largest absolute Gasteiger partial charge is 0.391 e. The molecule has 12 heteroatoms. The first-order valence-electron chi connectivity index (χ1n) is 9.47. The van der Waals surface area contributed by atoms with Gasteiger partial charge in [-0.2, -0.15) is 0 Å². The molecule has 1 aromatic rings. The summed E-state index contributed by atoms with van der Waals surface area (Å²) in [5.74, 6) is -0.744. The second-order valence-corrected chi connectivity index (χ2v) is 10.3. The van der Waals surface area contributed by atoms with Crippen LogP contribution in [0.4, 0.5) is 0 Å². The molecule has 3 atom stereocenters. The number of likely N-dealkylation sites (N-methyl/N-ethyl adjacent to an activating group) is 1. The molecule has 2 heterocycles. The van der Waals surface area contributed by atoms with Crippen LogP contribution in [0.3, 0.4) is 0 Å². The van der Waals surface area contributed by atoms with E-state index in [9.17, 15) is 23.1 Å². The van der Waals surface area contributed by atoms with Crippen molar-refractivity contribution in [2.45, 2.75) is 58.8 Å². The molecule has 0 aromatic carbocycles. The van der Waals surface area contributed by atoms with Crippen LogP contribution >= 0.6 is 0 Å². The summed E-state index contributed by atoms with van der Waals surface area (Å²) in [7, 11) is -1.90. The van der Waals surface area contributed by atoms with Gasteiger partial charge in [0.1, 0.15) is 12.1 Å². The van der Waals surface area contributed by atoms with E-state index in [4.69, 9.17) is 0 Å². The minimum atomic E-state index is -3.39. The lowest BCUT2D eigenvalue weighted by Crippen LogP contribution is -2.49. The van der Waals surface area contributed by atoms with Crippen molar-refractivity contribution in [2.75, 3.05) is 19.3 Å². The highest BCUT2D eigenvalue weighted by molar-refractivity contribution is 7.89. The monoisotopic (exact) mass is 430 g/mol. The van der Waals surface area contributed by atoms with Crippen molar-refractivity contribution in [1.29, 1.82) is 0 Å². The summed E-state index contributed by atoms with van der Waals surface area (Å²) in [6.07, 6.45) is 0.911. The van der Waals surface area contributed by atoms with E-state index in [0.29, 0.717) is 5.69 Å². The van der Waals surface area contributed by atoms with E-state index in [2.05, 4.69) is 20.4 Å². The molecule has 164 valence electrons. The summed E-state index contributed by atoms with van der Waals surface area (Å²) in [4.78, 5) is 26.9. The SMILES string of the molecule is CCS(=O)(=O)NCc1cn([C@H](C(=O)N2C[C@H](O)C[C@H]2C(=O)NC)C(C)(C)C)nn1. The number of likely N-dealkylation sites (tertiary alicyclic amines) is 1. The number of aliphatic hydroxyl groups excluding tert-OH is 1. The number of aliphatic hydroxyl groups is 1. The zero-order valence-corrected chi connectivity index (χ0v) is 18.2. The predicted octanol–water partition coefficient (Wildman–Crippen LogP) is -0.988. The van der Waals surface area contributed by atoms with E-state index in [1.807, 2.05) is 20.8 Å². The Labute approximate surface area is 170 Å². The fourth-order valence-corrected chi connectivity index (χ4v) is 3.89. The van der Waals surface area contributed by atoms with Crippen molar-refractivity contribution in [3.05, 3.63) is 11.9 Å². The van der Waals surface area contributed by atoms with Crippen LogP contribution in [0.25, 0.3) is 0 Å². The summed E-state index contributed by atoms with van der Waals surface area (Å²) in [5.41, 5.74) is -0.209. The number of rotatable bonds is 7. The van der Waals surface area contributed by atoms with E-state index in [1.165, 1.54) is 29.7 Å². The molecule has 2 rings (SSSR count). The van der Waals surface area contributed by atoms with E-state index < -0.39 is 33.6 Å². The van der Waals surface area contributed by atoms with Gasteiger partial charge in [-0.25, -0.2) is 17.8 Å². The van der Waals surface area contributed by atoms with Crippen LogP contribution in [0.15, 0.2) is 6.20 Å². The molecule has 11 nitrogen and oxygen atoms in total. The van der Waals surface area contributed by atoms with E-state index in [-0.39, 0.29) is 37.1 Å². The molecular weight excluding hydrogens is 400 g/mol. The predicted molar refractivity (Wildman–Crippen MR) is 105 cm³/mol. The van der Waals surface area contributed by atoms with Crippen LogP contribution in [0.5, 0.6) is 0 Å². The van der Waals surface area contributed by atoms with Gasteiger partial charge >= 0.3 is 0 Å².